The molecule has 0 unspecified atom stereocenters. The van der Waals surface area contributed by atoms with Gasteiger partial charge in [0.2, 0.25) is 5.75 Å². The van der Waals surface area contributed by atoms with Gasteiger partial charge in [-0.15, -0.1) is 0 Å². The number of carbonyl (C=O) groups is 1. The van der Waals surface area contributed by atoms with E-state index in [1.807, 2.05) is 24.3 Å². The first-order chi connectivity index (χ1) is 14.6. The molecular weight excluding hydrogens is 448 g/mol. The molecule has 0 amide bonds. The maximum Gasteiger partial charge on any atom is 0.203 e. The van der Waals surface area contributed by atoms with Crippen LogP contribution in [-0.4, -0.2) is 39.0 Å². The summed E-state index contributed by atoms with van der Waals surface area (Å²) in [7, 11) is 4.57. The number of hydrogen-bond donors (Lipinski definition) is 0. The predicted octanol–water partition coefficient (Wildman–Crippen LogP) is 5.94. The fourth-order valence-electron chi connectivity index (χ4n) is 2.91. The Labute approximate surface area is 187 Å². The van der Waals surface area contributed by atoms with Gasteiger partial charge in [0.05, 0.1) is 27.9 Å². The molecule has 0 radical (unpaired) electrons. The van der Waals surface area contributed by atoms with Crippen molar-refractivity contribution in [3.8, 4) is 23.0 Å². The van der Waals surface area contributed by atoms with Crippen LogP contribution in [-0.2, 0) is 0 Å². The van der Waals surface area contributed by atoms with Crippen molar-refractivity contribution in [3.63, 3.8) is 0 Å². The quantitative estimate of drug-likeness (QED) is 0.155. The largest absolute Gasteiger partial charge is 0.494 e. The minimum atomic E-state index is -0.155. The van der Waals surface area contributed by atoms with E-state index in [1.54, 1.807) is 18.2 Å². The van der Waals surface area contributed by atoms with Crippen molar-refractivity contribution in [1.29, 1.82) is 0 Å². The lowest BCUT2D eigenvalue weighted by molar-refractivity contribution is 0.104. The lowest BCUT2D eigenvalue weighted by Gasteiger charge is -2.13. The van der Waals surface area contributed by atoms with Crippen LogP contribution in [0.3, 0.4) is 0 Å². The van der Waals surface area contributed by atoms with Gasteiger partial charge in [-0.1, -0.05) is 47.0 Å². The molecule has 30 heavy (non-hydrogen) atoms. The molecule has 0 saturated heterocycles. The van der Waals surface area contributed by atoms with Crippen LogP contribution >= 0.6 is 15.9 Å². The van der Waals surface area contributed by atoms with Crippen molar-refractivity contribution in [2.75, 3.05) is 33.3 Å². The Balaban J connectivity index is 1.96. The highest BCUT2D eigenvalue weighted by atomic mass is 79.9. The Hall–Kier alpha value is -2.47. The second-order valence-corrected chi connectivity index (χ2v) is 7.43. The Morgan fingerprint density at radius 2 is 1.53 bits per heavy atom. The molecule has 0 aromatic heterocycles. The van der Waals surface area contributed by atoms with Crippen molar-refractivity contribution < 1.29 is 23.7 Å². The molecule has 2 rings (SSSR count). The molecule has 0 saturated carbocycles. The van der Waals surface area contributed by atoms with Gasteiger partial charge in [-0.2, -0.15) is 0 Å². The van der Waals surface area contributed by atoms with E-state index < -0.39 is 0 Å². The van der Waals surface area contributed by atoms with Crippen LogP contribution in [0.4, 0.5) is 0 Å². The number of rotatable bonds is 13. The van der Waals surface area contributed by atoms with E-state index >= 15 is 0 Å². The van der Waals surface area contributed by atoms with Crippen molar-refractivity contribution in [3.05, 3.63) is 53.6 Å². The van der Waals surface area contributed by atoms with Gasteiger partial charge in [0.25, 0.3) is 0 Å². The lowest BCUT2D eigenvalue weighted by Crippen LogP contribution is -2.00. The Kier molecular flexibility index (Phi) is 10.3. The third kappa shape index (κ3) is 7.10. The average molecular weight is 477 g/mol. The zero-order valence-electron chi connectivity index (χ0n) is 17.8. The standard InChI is InChI=1S/C24H29BrO5/c1-27-22-16-19(17-23(28-2)24(22)29-3)21(26)13-10-18-8-11-20(12-9-18)30-15-7-5-4-6-14-25/h8-13,16-17H,4-7,14-15H2,1-3H3/b13-10+. The maximum atomic E-state index is 12.6. The molecule has 2 aromatic carbocycles. The van der Waals surface area contributed by atoms with Crippen LogP contribution in [0.1, 0.15) is 41.6 Å². The molecule has 162 valence electrons. The van der Waals surface area contributed by atoms with Gasteiger partial charge in [-0.25, -0.2) is 0 Å². The molecule has 5 nitrogen and oxygen atoms in total. The smallest absolute Gasteiger partial charge is 0.203 e. The lowest BCUT2D eigenvalue weighted by atomic mass is 10.1. The highest BCUT2D eigenvalue weighted by Gasteiger charge is 2.15. The molecular formula is C24H29BrO5. The number of allylic oxidation sites excluding steroid dienone is 1. The third-order valence-corrected chi connectivity index (χ3v) is 5.11. The van der Waals surface area contributed by atoms with Crippen LogP contribution < -0.4 is 18.9 Å². The van der Waals surface area contributed by atoms with Crippen molar-refractivity contribution in [2.45, 2.75) is 25.7 Å². The van der Waals surface area contributed by atoms with Gasteiger partial charge in [0, 0.05) is 10.9 Å². The van der Waals surface area contributed by atoms with Crippen LogP contribution in [0, 0.1) is 0 Å². The number of carbonyl (C=O) groups excluding carboxylic acids is 1. The fourth-order valence-corrected chi connectivity index (χ4v) is 3.30. The Morgan fingerprint density at radius 3 is 2.10 bits per heavy atom. The fraction of sp³-hybridized carbons (Fsp3) is 0.375. The molecule has 0 atom stereocenters. The van der Waals surface area contributed by atoms with Crippen molar-refractivity contribution in [1.82, 2.24) is 0 Å². The normalized spacial score (nSPS) is 10.8. The summed E-state index contributed by atoms with van der Waals surface area (Å²) in [6.45, 7) is 0.719. The van der Waals surface area contributed by atoms with E-state index in [0.29, 0.717) is 22.8 Å². The first kappa shape index (κ1) is 23.8. The summed E-state index contributed by atoms with van der Waals surface area (Å²) >= 11 is 3.44. The highest BCUT2D eigenvalue weighted by molar-refractivity contribution is 9.09. The second-order valence-electron chi connectivity index (χ2n) is 6.63. The van der Waals surface area contributed by atoms with E-state index in [2.05, 4.69) is 15.9 Å². The van der Waals surface area contributed by atoms with Crippen molar-refractivity contribution >= 4 is 27.8 Å². The number of ketones is 1. The van der Waals surface area contributed by atoms with E-state index in [9.17, 15) is 4.79 Å². The van der Waals surface area contributed by atoms with Crippen LogP contribution in [0.5, 0.6) is 23.0 Å². The first-order valence-corrected chi connectivity index (χ1v) is 11.1. The van der Waals surface area contributed by atoms with Gasteiger partial charge in [-0.3, -0.25) is 4.79 Å². The van der Waals surface area contributed by atoms with E-state index in [-0.39, 0.29) is 5.78 Å². The zero-order chi connectivity index (χ0) is 21.8. The molecule has 6 heteroatoms. The number of benzene rings is 2. The summed E-state index contributed by atoms with van der Waals surface area (Å²) in [5.41, 5.74) is 1.38. The van der Waals surface area contributed by atoms with Gasteiger partial charge in [-0.05, 0) is 48.7 Å². The second kappa shape index (κ2) is 13.0. The number of unbranched alkanes of at least 4 members (excludes halogenated alkanes) is 3. The van der Waals surface area contributed by atoms with Crippen LogP contribution in [0.15, 0.2) is 42.5 Å². The number of ether oxygens (including phenoxy) is 4. The topological polar surface area (TPSA) is 54.0 Å². The number of halogens is 1. The Morgan fingerprint density at radius 1 is 0.900 bits per heavy atom. The molecule has 0 aliphatic carbocycles. The van der Waals surface area contributed by atoms with Crippen LogP contribution in [0.2, 0.25) is 0 Å². The number of hydrogen-bond acceptors (Lipinski definition) is 5. The summed E-state index contributed by atoms with van der Waals surface area (Å²) in [6, 6.07) is 11.0. The SMILES string of the molecule is COc1cc(C(=O)/C=C/c2ccc(OCCCCCCBr)cc2)cc(OC)c1OC. The predicted molar refractivity (Wildman–Crippen MR) is 124 cm³/mol. The minimum Gasteiger partial charge on any atom is -0.494 e. The molecule has 0 heterocycles. The zero-order valence-corrected chi connectivity index (χ0v) is 19.4. The minimum absolute atomic E-state index is 0.155. The summed E-state index contributed by atoms with van der Waals surface area (Å²) in [5.74, 6) is 2.03. The number of methoxy groups -OCH3 is 3. The Bertz CT molecular complexity index is 805. The molecule has 0 fully saturated rings. The summed E-state index contributed by atoms with van der Waals surface area (Å²) in [5, 5.41) is 1.06. The van der Waals surface area contributed by atoms with Crippen LogP contribution in [0.25, 0.3) is 6.08 Å². The van der Waals surface area contributed by atoms with Gasteiger partial charge in [0.15, 0.2) is 17.3 Å². The highest BCUT2D eigenvalue weighted by Crippen LogP contribution is 2.38. The van der Waals surface area contributed by atoms with Crippen molar-refractivity contribution in [2.24, 2.45) is 0 Å². The molecule has 2 aromatic rings. The molecule has 0 spiro atoms. The summed E-state index contributed by atoms with van der Waals surface area (Å²) in [4.78, 5) is 12.6. The van der Waals surface area contributed by atoms with Gasteiger partial charge in [0.1, 0.15) is 5.75 Å². The summed E-state index contributed by atoms with van der Waals surface area (Å²) in [6.07, 6.45) is 7.96. The average Bonchev–Trinajstić information content (AvgIpc) is 2.79. The van der Waals surface area contributed by atoms with E-state index in [0.717, 1.165) is 29.7 Å². The van der Waals surface area contributed by atoms with E-state index in [4.69, 9.17) is 18.9 Å². The molecule has 0 aliphatic rings. The molecule has 0 aliphatic heterocycles. The van der Waals surface area contributed by atoms with Gasteiger partial charge < -0.3 is 18.9 Å². The third-order valence-electron chi connectivity index (χ3n) is 4.55. The van der Waals surface area contributed by atoms with E-state index in [1.165, 1.54) is 46.7 Å². The maximum absolute atomic E-state index is 12.6. The van der Waals surface area contributed by atoms with Gasteiger partial charge >= 0.3 is 0 Å². The summed E-state index contributed by atoms with van der Waals surface area (Å²) < 4.78 is 21.7. The first-order valence-electron chi connectivity index (χ1n) is 9.94. The molecule has 0 bridgehead atoms. The molecule has 0 N–H and O–H groups in total. The monoisotopic (exact) mass is 476 g/mol. The number of alkyl halides is 1.